The number of carboxylic acid groups (broad SMARTS) is 1. The first-order valence-corrected chi connectivity index (χ1v) is 10.4. The highest BCUT2D eigenvalue weighted by molar-refractivity contribution is 7.07. The van der Waals surface area contributed by atoms with Crippen molar-refractivity contribution in [3.8, 4) is 0 Å². The number of fused-ring (bicyclic) bond motifs is 1. The summed E-state index contributed by atoms with van der Waals surface area (Å²) in [6.07, 6.45) is 0.376. The van der Waals surface area contributed by atoms with Gasteiger partial charge in [-0.1, -0.05) is 0 Å². The van der Waals surface area contributed by atoms with Crippen LogP contribution in [0.25, 0.3) is 0 Å². The number of rotatable bonds is 5. The summed E-state index contributed by atoms with van der Waals surface area (Å²) in [7, 11) is 0. The van der Waals surface area contributed by atoms with E-state index in [1.54, 1.807) is 29.9 Å². The van der Waals surface area contributed by atoms with Crippen LogP contribution in [-0.2, 0) is 20.9 Å². The number of anilines is 1. The standard InChI is InChI=1S/C17H20N4O2S.C2HF3O2/c22-17(20-16-6-18-2-3-19-16)5-13-10-23-15-9-21(8-14(13)15)7-12-1-4-24-11-12;3-2(4,5)1(6)7/h1-4,6,11,13-15H,5,7-10H2,(H,19,20,22);(H,6,7)/t13-,14-,15-;/m1./s1. The first kappa shape index (κ1) is 23.1. The lowest BCUT2D eigenvalue weighted by atomic mass is 9.90. The summed E-state index contributed by atoms with van der Waals surface area (Å²) < 4.78 is 37.7. The number of carbonyl (C=O) groups excluding carboxylic acids is 1. The molecule has 0 spiro atoms. The van der Waals surface area contributed by atoms with E-state index in [2.05, 4.69) is 37.0 Å². The minimum absolute atomic E-state index is 0.0129. The molecular weight excluding hydrogens is 437 g/mol. The SMILES string of the molecule is O=C(C[C@@H]1CO[C@@H]2CN(Cc3ccsc3)C[C@H]12)Nc1cnccn1.O=C(O)C(F)(F)F. The maximum Gasteiger partial charge on any atom is 0.490 e. The zero-order valence-corrected chi connectivity index (χ0v) is 17.1. The van der Waals surface area contributed by atoms with E-state index in [-0.39, 0.29) is 17.9 Å². The van der Waals surface area contributed by atoms with E-state index in [9.17, 15) is 18.0 Å². The van der Waals surface area contributed by atoms with Crippen molar-refractivity contribution >= 4 is 29.0 Å². The quantitative estimate of drug-likeness (QED) is 0.710. The largest absolute Gasteiger partial charge is 0.490 e. The number of nitrogens with zero attached hydrogens (tertiary/aromatic N) is 3. The molecule has 8 nitrogen and oxygen atoms in total. The highest BCUT2D eigenvalue weighted by Gasteiger charge is 2.44. The number of alkyl halides is 3. The van der Waals surface area contributed by atoms with Crippen molar-refractivity contribution in [2.24, 2.45) is 11.8 Å². The topological polar surface area (TPSA) is 105 Å². The number of aromatic nitrogens is 2. The summed E-state index contributed by atoms with van der Waals surface area (Å²) in [6, 6.07) is 2.17. The van der Waals surface area contributed by atoms with Crippen molar-refractivity contribution < 1.29 is 32.6 Å². The van der Waals surface area contributed by atoms with Gasteiger partial charge in [0.15, 0.2) is 5.82 Å². The maximum absolute atomic E-state index is 12.2. The zero-order valence-electron chi connectivity index (χ0n) is 16.3. The third-order valence-corrected chi connectivity index (χ3v) is 5.75. The number of halogens is 3. The Bertz CT molecular complexity index is 867. The van der Waals surface area contributed by atoms with Gasteiger partial charge in [-0.25, -0.2) is 9.78 Å². The summed E-state index contributed by atoms with van der Waals surface area (Å²) in [4.78, 5) is 31.6. The van der Waals surface area contributed by atoms with Crippen LogP contribution >= 0.6 is 11.3 Å². The van der Waals surface area contributed by atoms with Crippen LogP contribution in [0, 0.1) is 11.8 Å². The molecule has 31 heavy (non-hydrogen) atoms. The van der Waals surface area contributed by atoms with E-state index in [4.69, 9.17) is 14.6 Å². The molecule has 4 rings (SSSR count). The van der Waals surface area contributed by atoms with Crippen LogP contribution in [0.1, 0.15) is 12.0 Å². The van der Waals surface area contributed by atoms with Crippen LogP contribution in [0.5, 0.6) is 0 Å². The molecule has 1 amide bonds. The van der Waals surface area contributed by atoms with E-state index in [0.29, 0.717) is 24.8 Å². The van der Waals surface area contributed by atoms with Gasteiger partial charge in [0, 0.05) is 44.4 Å². The van der Waals surface area contributed by atoms with Crippen LogP contribution in [0.2, 0.25) is 0 Å². The number of hydrogen-bond donors (Lipinski definition) is 2. The number of aliphatic carboxylic acids is 1. The van der Waals surface area contributed by atoms with Gasteiger partial charge in [-0.05, 0) is 28.3 Å². The van der Waals surface area contributed by atoms with Crippen molar-refractivity contribution in [2.75, 3.05) is 25.0 Å². The molecule has 168 valence electrons. The number of amides is 1. The molecule has 0 saturated carbocycles. The Morgan fingerprint density at radius 2 is 2.10 bits per heavy atom. The number of thiophene rings is 1. The van der Waals surface area contributed by atoms with Gasteiger partial charge in [0.25, 0.3) is 0 Å². The van der Waals surface area contributed by atoms with E-state index in [1.165, 1.54) is 5.56 Å². The molecule has 4 heterocycles. The molecule has 2 fully saturated rings. The normalized spacial score (nSPS) is 23.0. The summed E-state index contributed by atoms with van der Waals surface area (Å²) in [5.41, 5.74) is 1.36. The number of carboxylic acids is 1. The maximum atomic E-state index is 12.2. The predicted octanol–water partition coefficient (Wildman–Crippen LogP) is 2.65. The third-order valence-electron chi connectivity index (χ3n) is 5.02. The molecule has 0 radical (unpaired) electrons. The predicted molar refractivity (Wildman–Crippen MR) is 105 cm³/mol. The minimum Gasteiger partial charge on any atom is -0.475 e. The molecule has 2 aliphatic rings. The average Bonchev–Trinajstić information content (AvgIpc) is 3.42. The van der Waals surface area contributed by atoms with Crippen LogP contribution in [0.3, 0.4) is 0 Å². The van der Waals surface area contributed by atoms with E-state index in [1.807, 2.05) is 0 Å². The Labute approximate surface area is 180 Å². The Balaban J connectivity index is 0.000000339. The second-order valence-electron chi connectivity index (χ2n) is 7.27. The van der Waals surface area contributed by atoms with Gasteiger partial charge in [-0.15, -0.1) is 0 Å². The Morgan fingerprint density at radius 3 is 2.71 bits per heavy atom. The van der Waals surface area contributed by atoms with Crippen LogP contribution < -0.4 is 5.32 Å². The fourth-order valence-electron chi connectivity index (χ4n) is 3.66. The van der Waals surface area contributed by atoms with Crippen LogP contribution in [-0.4, -0.2) is 63.8 Å². The molecule has 2 aromatic heterocycles. The molecule has 0 unspecified atom stereocenters. The molecule has 0 aliphatic carbocycles. The van der Waals surface area contributed by atoms with Gasteiger partial charge < -0.3 is 15.2 Å². The smallest absolute Gasteiger partial charge is 0.475 e. The molecule has 0 bridgehead atoms. The van der Waals surface area contributed by atoms with Crippen molar-refractivity contribution in [2.45, 2.75) is 25.2 Å². The number of likely N-dealkylation sites (tertiary alicyclic amines) is 1. The first-order valence-electron chi connectivity index (χ1n) is 9.43. The van der Waals surface area contributed by atoms with E-state index in [0.717, 1.165) is 19.6 Å². The van der Waals surface area contributed by atoms with Gasteiger partial charge >= 0.3 is 12.1 Å². The molecule has 2 aliphatic heterocycles. The highest BCUT2D eigenvalue weighted by atomic mass is 32.1. The third kappa shape index (κ3) is 6.71. The van der Waals surface area contributed by atoms with E-state index < -0.39 is 12.1 Å². The lowest BCUT2D eigenvalue weighted by Gasteiger charge is -2.19. The minimum atomic E-state index is -5.08. The van der Waals surface area contributed by atoms with Crippen molar-refractivity contribution in [1.29, 1.82) is 0 Å². The summed E-state index contributed by atoms with van der Waals surface area (Å²) >= 11 is 1.73. The Morgan fingerprint density at radius 1 is 1.32 bits per heavy atom. The Hall–Kier alpha value is -2.57. The zero-order chi connectivity index (χ0) is 22.4. The first-order chi connectivity index (χ1) is 14.7. The van der Waals surface area contributed by atoms with Gasteiger partial charge in [-0.3, -0.25) is 14.7 Å². The van der Waals surface area contributed by atoms with E-state index >= 15 is 0 Å². The van der Waals surface area contributed by atoms with Crippen molar-refractivity contribution in [3.63, 3.8) is 0 Å². The molecule has 3 atom stereocenters. The fourth-order valence-corrected chi connectivity index (χ4v) is 4.32. The number of carbonyl (C=O) groups is 2. The van der Waals surface area contributed by atoms with Gasteiger partial charge in [-0.2, -0.15) is 24.5 Å². The summed E-state index contributed by atoms with van der Waals surface area (Å²) in [5, 5.41) is 14.2. The monoisotopic (exact) mass is 458 g/mol. The van der Waals surface area contributed by atoms with Crippen LogP contribution in [0.4, 0.5) is 19.0 Å². The molecule has 12 heteroatoms. The Kier molecular flexibility index (Phi) is 7.57. The van der Waals surface area contributed by atoms with Crippen molar-refractivity contribution in [3.05, 3.63) is 41.0 Å². The second-order valence-corrected chi connectivity index (χ2v) is 8.05. The molecular formula is C19H21F3N4O4S. The number of nitrogens with one attached hydrogen (secondary N) is 1. The lowest BCUT2D eigenvalue weighted by Crippen LogP contribution is -2.26. The molecule has 0 aromatic carbocycles. The molecule has 2 aromatic rings. The van der Waals surface area contributed by atoms with Crippen LogP contribution in [0.15, 0.2) is 35.4 Å². The summed E-state index contributed by atoms with van der Waals surface area (Å²) in [6.45, 7) is 3.61. The fraction of sp³-hybridized carbons (Fsp3) is 0.474. The highest BCUT2D eigenvalue weighted by Crippen LogP contribution is 2.36. The van der Waals surface area contributed by atoms with Gasteiger partial charge in [0.05, 0.1) is 18.9 Å². The lowest BCUT2D eigenvalue weighted by molar-refractivity contribution is -0.192. The number of ether oxygens (including phenoxy) is 1. The number of hydrogen-bond acceptors (Lipinski definition) is 7. The second kappa shape index (κ2) is 10.2. The summed E-state index contributed by atoms with van der Waals surface area (Å²) in [5.74, 6) is -1.55. The van der Waals surface area contributed by atoms with Gasteiger partial charge in [0.1, 0.15) is 0 Å². The average molecular weight is 458 g/mol. The molecule has 2 saturated heterocycles. The molecule has 2 N–H and O–H groups in total. The van der Waals surface area contributed by atoms with Gasteiger partial charge in [0.2, 0.25) is 5.91 Å². The van der Waals surface area contributed by atoms with Crippen molar-refractivity contribution in [1.82, 2.24) is 14.9 Å².